The van der Waals surface area contributed by atoms with Crippen LogP contribution in [0.15, 0.2) is 72.8 Å². The molecule has 0 saturated carbocycles. The number of piperazine rings is 1. The number of nitrogens with one attached hydrogen (secondary N) is 1. The average Bonchev–Trinajstić information content (AvgIpc) is 2.88. The maximum absolute atomic E-state index is 13.1. The molecule has 2 saturated heterocycles. The molecule has 40 heavy (non-hydrogen) atoms. The Hall–Kier alpha value is -3.57. The van der Waals surface area contributed by atoms with Crippen LogP contribution in [-0.2, 0) is 18.9 Å². The summed E-state index contributed by atoms with van der Waals surface area (Å²) in [6.07, 6.45) is -9.95. The predicted octanol–water partition coefficient (Wildman–Crippen LogP) is 6.43. The van der Waals surface area contributed by atoms with Crippen LogP contribution in [0.1, 0.15) is 16.7 Å². The van der Waals surface area contributed by atoms with E-state index < -0.39 is 35.2 Å². The van der Waals surface area contributed by atoms with E-state index in [4.69, 9.17) is 0 Å². The molecule has 3 aromatic rings. The fraction of sp³-hybridized carbons (Fsp3) is 0.345. The van der Waals surface area contributed by atoms with Crippen LogP contribution in [0.5, 0.6) is 0 Å². The minimum absolute atomic E-state index is 0.0364. The van der Waals surface area contributed by atoms with Crippen LogP contribution in [0.4, 0.5) is 36.8 Å². The topological polar surface area (TPSA) is 38.8 Å². The van der Waals surface area contributed by atoms with Crippen molar-refractivity contribution in [1.82, 2.24) is 14.7 Å². The van der Waals surface area contributed by atoms with Crippen molar-refractivity contribution < 1.29 is 31.1 Å². The summed E-state index contributed by atoms with van der Waals surface area (Å²) in [5, 5.41) is 2.20. The highest BCUT2D eigenvalue weighted by Crippen LogP contribution is 2.37. The van der Waals surface area contributed by atoms with Crippen LogP contribution in [-0.4, -0.2) is 66.0 Å². The second kappa shape index (κ2) is 11.1. The van der Waals surface area contributed by atoms with E-state index in [9.17, 15) is 31.1 Å². The molecule has 2 fully saturated rings. The van der Waals surface area contributed by atoms with Crippen molar-refractivity contribution in [3.63, 3.8) is 0 Å². The molecule has 2 heterocycles. The van der Waals surface area contributed by atoms with Crippen molar-refractivity contribution in [3.05, 3.63) is 89.5 Å². The van der Waals surface area contributed by atoms with Crippen LogP contribution in [0.3, 0.4) is 0 Å². The largest absolute Gasteiger partial charge is 0.416 e. The van der Waals surface area contributed by atoms with Crippen molar-refractivity contribution in [2.75, 3.05) is 44.6 Å². The standard InChI is InChI=1S/C29H28F6N4O/c30-28(31,32)23-14-24(29(33,34)35)16-25(15-23)36-27(40)39-18-26(19-39)38-12-10-37(11-13-38)17-20-6-8-22(9-7-20)21-4-2-1-3-5-21/h1-9,14-16,26H,10-13,17-19H2,(H,36,40). The lowest BCUT2D eigenvalue weighted by molar-refractivity contribution is -0.143. The molecule has 3 aromatic carbocycles. The Balaban J connectivity index is 1.09. The van der Waals surface area contributed by atoms with Crippen molar-refractivity contribution in [2.24, 2.45) is 0 Å². The number of alkyl halides is 6. The van der Waals surface area contributed by atoms with Gasteiger partial charge >= 0.3 is 18.4 Å². The molecule has 0 aliphatic carbocycles. The van der Waals surface area contributed by atoms with E-state index in [1.807, 2.05) is 18.2 Å². The summed E-state index contributed by atoms with van der Waals surface area (Å²) >= 11 is 0. The summed E-state index contributed by atoms with van der Waals surface area (Å²) in [6, 6.07) is 19.1. The Morgan fingerprint density at radius 2 is 1.30 bits per heavy atom. The van der Waals surface area contributed by atoms with Gasteiger partial charge in [0.25, 0.3) is 0 Å². The molecular weight excluding hydrogens is 534 g/mol. The summed E-state index contributed by atoms with van der Waals surface area (Å²) in [4.78, 5) is 18.6. The van der Waals surface area contributed by atoms with Crippen LogP contribution in [0.25, 0.3) is 11.1 Å². The van der Waals surface area contributed by atoms with Crippen molar-refractivity contribution >= 4 is 11.7 Å². The average molecular weight is 563 g/mol. The van der Waals surface area contributed by atoms with Crippen LogP contribution < -0.4 is 5.32 Å². The zero-order valence-electron chi connectivity index (χ0n) is 21.5. The summed E-state index contributed by atoms with van der Waals surface area (Å²) in [6.45, 7) is 4.88. The molecule has 11 heteroatoms. The highest BCUT2D eigenvalue weighted by Gasteiger charge is 2.39. The van der Waals surface area contributed by atoms with Gasteiger partial charge in [-0.25, -0.2) is 4.79 Å². The lowest BCUT2D eigenvalue weighted by Crippen LogP contribution is -2.64. The molecule has 2 amide bonds. The van der Waals surface area contributed by atoms with E-state index in [0.29, 0.717) is 25.2 Å². The van der Waals surface area contributed by atoms with Gasteiger partial charge in [-0.2, -0.15) is 26.3 Å². The van der Waals surface area contributed by atoms with Gasteiger partial charge in [-0.15, -0.1) is 0 Å². The fourth-order valence-electron chi connectivity index (χ4n) is 5.06. The molecule has 0 spiro atoms. The number of benzene rings is 3. The maximum Gasteiger partial charge on any atom is 0.416 e. The Morgan fingerprint density at radius 1 is 0.750 bits per heavy atom. The van der Waals surface area contributed by atoms with Crippen LogP contribution >= 0.6 is 0 Å². The SMILES string of the molecule is O=C(Nc1cc(C(F)(F)F)cc(C(F)(F)F)c1)N1CC(N2CCN(Cc3ccc(-c4ccccc4)cc3)CC2)C1. The van der Waals surface area contributed by atoms with Crippen LogP contribution in [0, 0.1) is 0 Å². The van der Waals surface area contributed by atoms with Gasteiger partial charge < -0.3 is 10.2 Å². The highest BCUT2D eigenvalue weighted by molar-refractivity contribution is 5.90. The molecule has 212 valence electrons. The van der Waals surface area contributed by atoms with Gasteiger partial charge in [0, 0.05) is 57.5 Å². The first kappa shape index (κ1) is 28.0. The molecule has 0 unspecified atom stereocenters. The van der Waals surface area contributed by atoms with Gasteiger partial charge in [0.15, 0.2) is 0 Å². The number of carbonyl (C=O) groups is 1. The maximum atomic E-state index is 13.1. The fourth-order valence-corrected chi connectivity index (χ4v) is 5.06. The molecule has 1 N–H and O–H groups in total. The predicted molar refractivity (Wildman–Crippen MR) is 140 cm³/mol. The molecule has 2 aliphatic rings. The first-order chi connectivity index (χ1) is 19.0. The van der Waals surface area contributed by atoms with Crippen LogP contribution in [0.2, 0.25) is 0 Å². The summed E-state index contributed by atoms with van der Waals surface area (Å²) in [5.74, 6) is 0. The second-order valence-corrected chi connectivity index (χ2v) is 10.2. The van der Waals surface area contributed by atoms with E-state index in [1.165, 1.54) is 21.6 Å². The van der Waals surface area contributed by atoms with Crippen molar-refractivity contribution in [1.29, 1.82) is 0 Å². The number of anilines is 1. The van der Waals surface area contributed by atoms with Crippen molar-refractivity contribution in [2.45, 2.75) is 24.9 Å². The third kappa shape index (κ3) is 6.59. The van der Waals surface area contributed by atoms with E-state index in [-0.39, 0.29) is 12.1 Å². The van der Waals surface area contributed by atoms with E-state index in [0.717, 1.165) is 32.7 Å². The molecule has 5 rings (SSSR count). The van der Waals surface area contributed by atoms with E-state index in [2.05, 4.69) is 51.5 Å². The Kier molecular flexibility index (Phi) is 7.78. The van der Waals surface area contributed by atoms with Gasteiger partial charge in [0.05, 0.1) is 11.1 Å². The summed E-state index contributed by atoms with van der Waals surface area (Å²) in [7, 11) is 0. The van der Waals surface area contributed by atoms with E-state index >= 15 is 0 Å². The first-order valence-electron chi connectivity index (χ1n) is 12.9. The Bertz CT molecular complexity index is 1280. The third-order valence-electron chi connectivity index (χ3n) is 7.38. The third-order valence-corrected chi connectivity index (χ3v) is 7.38. The number of rotatable bonds is 5. The molecule has 0 radical (unpaired) electrons. The monoisotopic (exact) mass is 562 g/mol. The van der Waals surface area contributed by atoms with Crippen molar-refractivity contribution in [3.8, 4) is 11.1 Å². The number of nitrogens with zero attached hydrogens (tertiary/aromatic N) is 3. The molecule has 5 nitrogen and oxygen atoms in total. The second-order valence-electron chi connectivity index (χ2n) is 10.2. The minimum Gasteiger partial charge on any atom is -0.321 e. The van der Waals surface area contributed by atoms with Gasteiger partial charge in [0.1, 0.15) is 0 Å². The molecular formula is C29H28F6N4O. The number of halogens is 6. The lowest BCUT2D eigenvalue weighted by Gasteiger charge is -2.48. The van der Waals surface area contributed by atoms with Gasteiger partial charge in [-0.05, 0) is 34.9 Å². The van der Waals surface area contributed by atoms with E-state index in [1.54, 1.807) is 0 Å². The molecule has 2 aliphatic heterocycles. The molecule has 0 aromatic heterocycles. The number of urea groups is 1. The number of amides is 2. The number of likely N-dealkylation sites (tertiary alicyclic amines) is 1. The Morgan fingerprint density at radius 3 is 1.85 bits per heavy atom. The van der Waals surface area contributed by atoms with Gasteiger partial charge in [0.2, 0.25) is 0 Å². The number of carbonyl (C=O) groups excluding carboxylic acids is 1. The first-order valence-corrected chi connectivity index (χ1v) is 12.9. The molecule has 0 bridgehead atoms. The normalized spacial score (nSPS) is 17.5. The summed E-state index contributed by atoms with van der Waals surface area (Å²) < 4.78 is 78.6. The number of hydrogen-bond acceptors (Lipinski definition) is 3. The summed E-state index contributed by atoms with van der Waals surface area (Å²) in [5.41, 5.74) is 0.0884. The minimum atomic E-state index is -4.98. The zero-order chi connectivity index (χ0) is 28.5. The van der Waals surface area contributed by atoms with Gasteiger partial charge in [-0.1, -0.05) is 54.6 Å². The lowest BCUT2D eigenvalue weighted by atomic mass is 10.0. The quantitative estimate of drug-likeness (QED) is 0.365. The molecule has 0 atom stereocenters. The van der Waals surface area contributed by atoms with Gasteiger partial charge in [-0.3, -0.25) is 9.80 Å². The Labute approximate surface area is 228 Å². The highest BCUT2D eigenvalue weighted by atomic mass is 19.4. The zero-order valence-corrected chi connectivity index (χ0v) is 21.5. The smallest absolute Gasteiger partial charge is 0.321 e. The number of hydrogen-bond donors (Lipinski definition) is 1.